The SMILES string of the molecule is CC1CC(C)CN(CCCn2ccc(N)n2)C1. The van der Waals surface area contributed by atoms with Crippen molar-refractivity contribution in [2.75, 3.05) is 25.4 Å². The van der Waals surface area contributed by atoms with Gasteiger partial charge < -0.3 is 10.6 Å². The maximum atomic E-state index is 5.59. The fourth-order valence-electron chi connectivity index (χ4n) is 2.93. The van der Waals surface area contributed by atoms with Crippen LogP contribution in [0.2, 0.25) is 0 Å². The van der Waals surface area contributed by atoms with Crippen molar-refractivity contribution in [3.05, 3.63) is 12.3 Å². The molecular formula is C13H24N4. The molecule has 0 bridgehead atoms. The zero-order chi connectivity index (χ0) is 12.3. The molecule has 2 atom stereocenters. The summed E-state index contributed by atoms with van der Waals surface area (Å²) >= 11 is 0. The molecule has 2 unspecified atom stereocenters. The first kappa shape index (κ1) is 12.4. The first-order valence-corrected chi connectivity index (χ1v) is 6.65. The molecule has 1 aliphatic heterocycles. The Kier molecular flexibility index (Phi) is 4.05. The summed E-state index contributed by atoms with van der Waals surface area (Å²) in [5, 5.41) is 4.20. The van der Waals surface area contributed by atoms with Gasteiger partial charge in [0.05, 0.1) is 0 Å². The Morgan fingerprint density at radius 3 is 2.59 bits per heavy atom. The van der Waals surface area contributed by atoms with E-state index in [1.165, 1.54) is 26.1 Å². The van der Waals surface area contributed by atoms with E-state index in [9.17, 15) is 0 Å². The highest BCUT2D eigenvalue weighted by Crippen LogP contribution is 2.20. The molecule has 1 aliphatic rings. The van der Waals surface area contributed by atoms with Crippen molar-refractivity contribution in [3.8, 4) is 0 Å². The summed E-state index contributed by atoms with van der Waals surface area (Å²) in [6.45, 7) is 9.37. The largest absolute Gasteiger partial charge is 0.382 e. The predicted octanol–water partition coefficient (Wildman–Crippen LogP) is 1.83. The average Bonchev–Trinajstić information content (AvgIpc) is 2.63. The summed E-state index contributed by atoms with van der Waals surface area (Å²) in [6.07, 6.45) is 4.49. The molecule has 17 heavy (non-hydrogen) atoms. The van der Waals surface area contributed by atoms with Crippen LogP contribution in [0.15, 0.2) is 12.3 Å². The minimum atomic E-state index is 0.616. The lowest BCUT2D eigenvalue weighted by Crippen LogP contribution is -2.39. The second kappa shape index (κ2) is 5.54. The Bertz CT molecular complexity index is 337. The van der Waals surface area contributed by atoms with Gasteiger partial charge in [-0.15, -0.1) is 0 Å². The number of anilines is 1. The van der Waals surface area contributed by atoms with Gasteiger partial charge in [0.25, 0.3) is 0 Å². The van der Waals surface area contributed by atoms with E-state index in [0.29, 0.717) is 5.82 Å². The van der Waals surface area contributed by atoms with E-state index in [-0.39, 0.29) is 0 Å². The van der Waals surface area contributed by atoms with E-state index < -0.39 is 0 Å². The van der Waals surface area contributed by atoms with E-state index in [0.717, 1.165) is 24.8 Å². The molecule has 1 aromatic heterocycles. The molecule has 0 spiro atoms. The lowest BCUT2D eigenvalue weighted by Gasteiger charge is -2.34. The standard InChI is InChI=1S/C13H24N4/c1-11-8-12(2)10-16(9-11)5-3-6-17-7-4-13(14)15-17/h4,7,11-12H,3,5-6,8-10H2,1-2H3,(H2,14,15). The van der Waals surface area contributed by atoms with Crippen LogP contribution in [-0.4, -0.2) is 34.3 Å². The second-order valence-corrected chi connectivity index (χ2v) is 5.56. The number of piperidine rings is 1. The van der Waals surface area contributed by atoms with Gasteiger partial charge in [0.1, 0.15) is 5.82 Å². The van der Waals surface area contributed by atoms with Gasteiger partial charge in [0.2, 0.25) is 0 Å². The number of rotatable bonds is 4. The van der Waals surface area contributed by atoms with Crippen molar-refractivity contribution in [1.82, 2.24) is 14.7 Å². The molecule has 0 saturated carbocycles. The number of aryl methyl sites for hydroxylation is 1. The van der Waals surface area contributed by atoms with E-state index in [4.69, 9.17) is 5.73 Å². The van der Waals surface area contributed by atoms with Gasteiger partial charge in [0, 0.05) is 25.8 Å². The number of aromatic nitrogens is 2. The highest BCUT2D eigenvalue weighted by Gasteiger charge is 2.20. The molecule has 1 saturated heterocycles. The topological polar surface area (TPSA) is 47.1 Å². The Balaban J connectivity index is 1.71. The highest BCUT2D eigenvalue weighted by atomic mass is 15.3. The van der Waals surface area contributed by atoms with Crippen LogP contribution in [0, 0.1) is 11.8 Å². The average molecular weight is 236 g/mol. The second-order valence-electron chi connectivity index (χ2n) is 5.56. The molecular weight excluding hydrogens is 212 g/mol. The smallest absolute Gasteiger partial charge is 0.145 e. The van der Waals surface area contributed by atoms with Crippen molar-refractivity contribution in [3.63, 3.8) is 0 Å². The zero-order valence-electron chi connectivity index (χ0n) is 11.0. The number of nitrogen functional groups attached to an aromatic ring is 1. The molecule has 96 valence electrons. The van der Waals surface area contributed by atoms with E-state index >= 15 is 0 Å². The zero-order valence-corrected chi connectivity index (χ0v) is 11.0. The third kappa shape index (κ3) is 3.73. The van der Waals surface area contributed by atoms with Gasteiger partial charge in [-0.05, 0) is 37.3 Å². The molecule has 1 aromatic rings. The third-order valence-electron chi connectivity index (χ3n) is 3.47. The fourth-order valence-corrected chi connectivity index (χ4v) is 2.93. The molecule has 0 aliphatic carbocycles. The van der Waals surface area contributed by atoms with E-state index in [1.807, 2.05) is 16.9 Å². The van der Waals surface area contributed by atoms with Gasteiger partial charge in [-0.25, -0.2) is 0 Å². The predicted molar refractivity (Wildman–Crippen MR) is 70.6 cm³/mol. The molecule has 0 amide bonds. The molecule has 2 rings (SSSR count). The minimum Gasteiger partial charge on any atom is -0.382 e. The van der Waals surface area contributed by atoms with Crippen LogP contribution >= 0.6 is 0 Å². The van der Waals surface area contributed by atoms with Gasteiger partial charge in [-0.3, -0.25) is 4.68 Å². The Morgan fingerprint density at radius 1 is 1.29 bits per heavy atom. The summed E-state index contributed by atoms with van der Waals surface area (Å²) in [5.41, 5.74) is 5.59. The fraction of sp³-hybridized carbons (Fsp3) is 0.769. The molecule has 1 fully saturated rings. The first-order valence-electron chi connectivity index (χ1n) is 6.65. The first-order chi connectivity index (χ1) is 8.13. The normalized spacial score (nSPS) is 26.2. The van der Waals surface area contributed by atoms with Crippen molar-refractivity contribution >= 4 is 5.82 Å². The number of likely N-dealkylation sites (tertiary alicyclic amines) is 1. The Hall–Kier alpha value is -1.03. The van der Waals surface area contributed by atoms with Gasteiger partial charge >= 0.3 is 0 Å². The van der Waals surface area contributed by atoms with Gasteiger partial charge in [-0.1, -0.05) is 13.8 Å². The summed E-state index contributed by atoms with van der Waals surface area (Å²) in [4.78, 5) is 2.59. The van der Waals surface area contributed by atoms with Crippen molar-refractivity contribution in [2.24, 2.45) is 11.8 Å². The maximum absolute atomic E-state index is 5.59. The quantitative estimate of drug-likeness (QED) is 0.867. The maximum Gasteiger partial charge on any atom is 0.145 e. The van der Waals surface area contributed by atoms with Gasteiger partial charge in [0.15, 0.2) is 0 Å². The molecule has 0 radical (unpaired) electrons. The number of hydrogen-bond donors (Lipinski definition) is 1. The third-order valence-corrected chi connectivity index (χ3v) is 3.47. The van der Waals surface area contributed by atoms with Crippen LogP contribution < -0.4 is 5.73 Å². The Labute approximate surface area is 104 Å². The van der Waals surface area contributed by atoms with Crippen LogP contribution in [0.4, 0.5) is 5.82 Å². The van der Waals surface area contributed by atoms with Crippen molar-refractivity contribution in [1.29, 1.82) is 0 Å². The summed E-state index contributed by atoms with van der Waals surface area (Å²) in [7, 11) is 0. The summed E-state index contributed by atoms with van der Waals surface area (Å²) in [6, 6.07) is 1.85. The molecule has 4 nitrogen and oxygen atoms in total. The highest BCUT2D eigenvalue weighted by molar-refractivity contribution is 5.23. The van der Waals surface area contributed by atoms with Crippen molar-refractivity contribution < 1.29 is 0 Å². The number of nitrogens with zero attached hydrogens (tertiary/aromatic N) is 3. The summed E-state index contributed by atoms with van der Waals surface area (Å²) < 4.78 is 1.94. The van der Waals surface area contributed by atoms with Crippen LogP contribution in [-0.2, 0) is 6.54 Å². The number of nitrogens with two attached hydrogens (primary N) is 1. The monoisotopic (exact) mass is 236 g/mol. The van der Waals surface area contributed by atoms with Crippen LogP contribution in [0.5, 0.6) is 0 Å². The molecule has 0 aromatic carbocycles. The van der Waals surface area contributed by atoms with Crippen LogP contribution in [0.3, 0.4) is 0 Å². The van der Waals surface area contributed by atoms with Crippen LogP contribution in [0.25, 0.3) is 0 Å². The lowest BCUT2D eigenvalue weighted by molar-refractivity contribution is 0.137. The Morgan fingerprint density at radius 2 is 2.00 bits per heavy atom. The number of hydrogen-bond acceptors (Lipinski definition) is 3. The molecule has 2 heterocycles. The summed E-state index contributed by atoms with van der Waals surface area (Å²) in [5.74, 6) is 2.31. The lowest BCUT2D eigenvalue weighted by atomic mass is 9.92. The van der Waals surface area contributed by atoms with E-state index in [1.54, 1.807) is 0 Å². The van der Waals surface area contributed by atoms with Gasteiger partial charge in [-0.2, -0.15) is 5.10 Å². The van der Waals surface area contributed by atoms with Crippen molar-refractivity contribution in [2.45, 2.75) is 33.2 Å². The molecule has 2 N–H and O–H groups in total. The van der Waals surface area contributed by atoms with E-state index in [2.05, 4.69) is 23.8 Å². The molecule has 4 heteroatoms. The minimum absolute atomic E-state index is 0.616. The van der Waals surface area contributed by atoms with Crippen LogP contribution in [0.1, 0.15) is 26.7 Å².